The molecule has 0 spiro atoms. The van der Waals surface area contributed by atoms with Gasteiger partial charge in [0.05, 0.1) is 21.4 Å². The minimum Gasteiger partial charge on any atom is -0.457 e. The summed E-state index contributed by atoms with van der Waals surface area (Å²) >= 11 is 12.6. The summed E-state index contributed by atoms with van der Waals surface area (Å²) in [6, 6.07) is 15.8. The molecule has 3 heterocycles. The normalized spacial score (nSPS) is 17.5. The van der Waals surface area contributed by atoms with Gasteiger partial charge in [0.1, 0.15) is 17.8 Å². The van der Waals surface area contributed by atoms with Crippen molar-refractivity contribution in [3.8, 4) is 0 Å². The molecule has 1 unspecified atom stereocenters. The number of imidazole rings is 1. The molecule has 39 heavy (non-hydrogen) atoms. The van der Waals surface area contributed by atoms with E-state index >= 15 is 0 Å². The smallest absolute Gasteiger partial charge is 0.271 e. The zero-order chi connectivity index (χ0) is 27.4. The molecule has 1 amide bonds. The third-order valence-corrected chi connectivity index (χ3v) is 7.92. The van der Waals surface area contributed by atoms with Crippen LogP contribution in [0.4, 0.5) is 5.69 Å². The van der Waals surface area contributed by atoms with Gasteiger partial charge in [-0.15, -0.1) is 0 Å². The number of nitrogens with zero attached hydrogens (tertiary/aromatic N) is 4. The highest BCUT2D eigenvalue weighted by Crippen LogP contribution is 2.33. The van der Waals surface area contributed by atoms with Crippen molar-refractivity contribution in [2.45, 2.75) is 33.0 Å². The number of ether oxygens (including phenoxy) is 2. The lowest BCUT2D eigenvalue weighted by atomic mass is 10.1. The highest BCUT2D eigenvalue weighted by Gasteiger charge is 2.27. The van der Waals surface area contributed by atoms with Crippen molar-refractivity contribution in [2.24, 2.45) is 0 Å². The van der Waals surface area contributed by atoms with Crippen LogP contribution in [0, 0.1) is 13.8 Å². The van der Waals surface area contributed by atoms with Crippen LogP contribution in [0.1, 0.15) is 34.0 Å². The number of piperazine rings is 1. The number of aromatic nitrogens is 2. The van der Waals surface area contributed by atoms with E-state index in [0.717, 1.165) is 56.1 Å². The molecule has 1 saturated heterocycles. The standard InChI is InChI=1S/C29H33Cl2N5O3/c1-20-28(33-21(2)36(20)25-19-38-26(39-25)18-22-8-4-3-5-9-22)29(37)32-12-7-13-34-14-16-35(17-15-34)24-11-6-10-23(30)27(24)31/h3-6,8-11,19,26H,7,12-18H2,1-2H3,(H,32,37). The van der Waals surface area contributed by atoms with Gasteiger partial charge in [-0.25, -0.2) is 4.98 Å². The molecule has 206 valence electrons. The Bertz CT molecular complexity index is 1340. The van der Waals surface area contributed by atoms with Gasteiger partial charge < -0.3 is 19.7 Å². The molecule has 0 radical (unpaired) electrons. The van der Waals surface area contributed by atoms with Crippen LogP contribution in [-0.4, -0.2) is 65.9 Å². The Morgan fingerprint density at radius 1 is 1.05 bits per heavy atom. The Hall–Kier alpha value is -3.20. The average molecular weight is 571 g/mol. The van der Waals surface area contributed by atoms with Crippen molar-refractivity contribution >= 4 is 40.7 Å². The van der Waals surface area contributed by atoms with Gasteiger partial charge in [-0.1, -0.05) is 59.6 Å². The van der Waals surface area contributed by atoms with E-state index in [0.29, 0.717) is 40.4 Å². The Balaban J connectivity index is 1.07. The van der Waals surface area contributed by atoms with Crippen molar-refractivity contribution < 1.29 is 14.3 Å². The number of carbonyl (C=O) groups excluding carboxylic acids is 1. The molecule has 0 aliphatic carbocycles. The molecular formula is C29H33Cl2N5O3. The van der Waals surface area contributed by atoms with E-state index in [1.54, 1.807) is 6.26 Å². The number of aryl methyl sites for hydroxylation is 1. The number of amides is 1. The number of nitrogens with one attached hydrogen (secondary N) is 1. The highest BCUT2D eigenvalue weighted by molar-refractivity contribution is 6.43. The summed E-state index contributed by atoms with van der Waals surface area (Å²) in [7, 11) is 0. The largest absolute Gasteiger partial charge is 0.457 e. The first-order valence-electron chi connectivity index (χ1n) is 13.2. The fourth-order valence-electron chi connectivity index (χ4n) is 5.04. The molecule has 2 aliphatic rings. The molecule has 1 atom stereocenters. The first-order valence-corrected chi connectivity index (χ1v) is 14.0. The molecule has 1 aromatic heterocycles. The van der Waals surface area contributed by atoms with Crippen molar-refractivity contribution in [1.82, 2.24) is 19.8 Å². The molecule has 1 fully saturated rings. The second-order valence-corrected chi connectivity index (χ2v) is 10.6. The van der Waals surface area contributed by atoms with E-state index in [-0.39, 0.29) is 5.91 Å². The zero-order valence-electron chi connectivity index (χ0n) is 22.2. The Morgan fingerprint density at radius 2 is 1.82 bits per heavy atom. The van der Waals surface area contributed by atoms with Gasteiger partial charge >= 0.3 is 0 Å². The maximum atomic E-state index is 12.9. The maximum Gasteiger partial charge on any atom is 0.271 e. The number of hydrogen-bond donors (Lipinski definition) is 1. The van der Waals surface area contributed by atoms with Crippen LogP contribution in [0.15, 0.2) is 54.8 Å². The summed E-state index contributed by atoms with van der Waals surface area (Å²) in [4.78, 5) is 22.1. The Kier molecular flexibility index (Phi) is 8.65. The lowest BCUT2D eigenvalue weighted by molar-refractivity contribution is -0.0170. The van der Waals surface area contributed by atoms with Crippen LogP contribution in [-0.2, 0) is 15.9 Å². The summed E-state index contributed by atoms with van der Waals surface area (Å²) in [6.07, 6.45) is 2.66. The van der Waals surface area contributed by atoms with Crippen molar-refractivity contribution in [1.29, 1.82) is 0 Å². The average Bonchev–Trinajstić information content (AvgIpc) is 3.51. The van der Waals surface area contributed by atoms with Crippen LogP contribution in [0.25, 0.3) is 5.88 Å². The lowest BCUT2D eigenvalue weighted by Crippen LogP contribution is -2.47. The van der Waals surface area contributed by atoms with E-state index in [4.69, 9.17) is 32.7 Å². The maximum absolute atomic E-state index is 12.9. The van der Waals surface area contributed by atoms with Crippen molar-refractivity contribution in [3.63, 3.8) is 0 Å². The molecule has 0 bridgehead atoms. The van der Waals surface area contributed by atoms with Crippen LogP contribution < -0.4 is 10.2 Å². The second kappa shape index (κ2) is 12.3. The first-order chi connectivity index (χ1) is 18.9. The van der Waals surface area contributed by atoms with E-state index < -0.39 is 6.29 Å². The third-order valence-electron chi connectivity index (χ3n) is 7.11. The molecule has 3 aromatic rings. The molecule has 2 aliphatic heterocycles. The number of rotatable bonds is 9. The molecule has 0 saturated carbocycles. The summed E-state index contributed by atoms with van der Waals surface area (Å²) in [5.74, 6) is 1.02. The zero-order valence-corrected chi connectivity index (χ0v) is 23.7. The topological polar surface area (TPSA) is 71.9 Å². The lowest BCUT2D eigenvalue weighted by Gasteiger charge is -2.36. The monoisotopic (exact) mass is 569 g/mol. The Morgan fingerprint density at radius 3 is 2.59 bits per heavy atom. The highest BCUT2D eigenvalue weighted by atomic mass is 35.5. The predicted octanol–water partition coefficient (Wildman–Crippen LogP) is 5.12. The number of halogens is 2. The van der Waals surface area contributed by atoms with Crippen molar-refractivity contribution in [2.75, 3.05) is 44.2 Å². The summed E-state index contributed by atoms with van der Waals surface area (Å²) in [5, 5.41) is 4.21. The van der Waals surface area contributed by atoms with Gasteiger partial charge in [-0.05, 0) is 44.5 Å². The van der Waals surface area contributed by atoms with E-state index in [1.807, 2.05) is 66.9 Å². The first kappa shape index (κ1) is 27.4. The van der Waals surface area contributed by atoms with Crippen LogP contribution in [0.3, 0.4) is 0 Å². The van der Waals surface area contributed by atoms with Crippen LogP contribution >= 0.6 is 23.2 Å². The minimum absolute atomic E-state index is 0.185. The van der Waals surface area contributed by atoms with Crippen LogP contribution in [0.5, 0.6) is 0 Å². The quantitative estimate of drug-likeness (QED) is 0.360. The van der Waals surface area contributed by atoms with Gasteiger partial charge in [0.2, 0.25) is 12.2 Å². The van der Waals surface area contributed by atoms with Crippen molar-refractivity contribution in [3.05, 3.63) is 87.6 Å². The summed E-state index contributed by atoms with van der Waals surface area (Å²) in [6.45, 7) is 8.84. The number of anilines is 1. The summed E-state index contributed by atoms with van der Waals surface area (Å²) in [5.41, 5.74) is 3.23. The third kappa shape index (κ3) is 6.35. The molecular weight excluding hydrogens is 537 g/mol. The van der Waals surface area contributed by atoms with E-state index in [1.165, 1.54) is 0 Å². The number of benzene rings is 2. The molecule has 5 rings (SSSR count). The van der Waals surface area contributed by atoms with Gasteiger partial charge in [0.25, 0.3) is 5.91 Å². The molecule has 2 aromatic carbocycles. The Labute approximate surface area is 239 Å². The second-order valence-electron chi connectivity index (χ2n) is 9.77. The number of hydrogen-bond acceptors (Lipinski definition) is 6. The van der Waals surface area contributed by atoms with E-state index in [2.05, 4.69) is 20.1 Å². The van der Waals surface area contributed by atoms with Gasteiger partial charge in [0, 0.05) is 39.1 Å². The van der Waals surface area contributed by atoms with Gasteiger partial charge in [-0.2, -0.15) is 0 Å². The molecule has 1 N–H and O–H groups in total. The molecule has 8 nitrogen and oxygen atoms in total. The minimum atomic E-state index is -0.412. The molecule has 10 heteroatoms. The predicted molar refractivity (Wildman–Crippen MR) is 154 cm³/mol. The SMILES string of the molecule is Cc1nc(C(=O)NCCCN2CCN(c3cccc(Cl)c3Cl)CC2)c(C)n1C1=COC(Cc2ccccc2)O1. The summed E-state index contributed by atoms with van der Waals surface area (Å²) < 4.78 is 13.6. The number of carbonyl (C=O) groups is 1. The fraction of sp³-hybridized carbons (Fsp3) is 0.379. The van der Waals surface area contributed by atoms with Crippen LogP contribution in [0.2, 0.25) is 10.0 Å². The van der Waals surface area contributed by atoms with Gasteiger partial charge in [0.15, 0.2) is 0 Å². The van der Waals surface area contributed by atoms with E-state index in [9.17, 15) is 4.79 Å². The van der Waals surface area contributed by atoms with Gasteiger partial charge in [-0.3, -0.25) is 14.3 Å². The fourth-order valence-corrected chi connectivity index (χ4v) is 5.46.